The van der Waals surface area contributed by atoms with Crippen molar-refractivity contribution in [3.8, 4) is 0 Å². The molecule has 0 bridgehead atoms. The standard InChI is InChI=1S/C14H25N3O4/c1-9-7-17(8-10(2)16(9)5)13(21)15-11(18)6-14(3,4)12(19)20/h9-10H,6-8H2,1-5H3,(H,19,20)(H,15,18,21). The van der Waals surface area contributed by atoms with Crippen LogP contribution in [-0.2, 0) is 9.59 Å². The largest absolute Gasteiger partial charge is 0.481 e. The molecule has 2 N–H and O–H groups in total. The van der Waals surface area contributed by atoms with Crippen LogP contribution < -0.4 is 5.32 Å². The quantitative estimate of drug-likeness (QED) is 0.802. The lowest BCUT2D eigenvalue weighted by atomic mass is 9.89. The number of hydrogen-bond acceptors (Lipinski definition) is 4. The van der Waals surface area contributed by atoms with E-state index in [4.69, 9.17) is 5.11 Å². The number of carbonyl (C=O) groups excluding carboxylic acids is 2. The number of piperazine rings is 1. The summed E-state index contributed by atoms with van der Waals surface area (Å²) in [6.07, 6.45) is -0.229. The molecule has 3 amide bonds. The van der Waals surface area contributed by atoms with Gasteiger partial charge in [0.25, 0.3) is 0 Å². The summed E-state index contributed by atoms with van der Waals surface area (Å²) in [5.41, 5.74) is -1.19. The number of imide groups is 1. The second-order valence-corrected chi connectivity index (χ2v) is 6.49. The number of carboxylic acids is 1. The van der Waals surface area contributed by atoms with E-state index in [0.717, 1.165) is 0 Å². The minimum absolute atomic E-state index is 0.213. The molecule has 2 unspecified atom stereocenters. The van der Waals surface area contributed by atoms with Gasteiger partial charge in [-0.3, -0.25) is 19.8 Å². The summed E-state index contributed by atoms with van der Waals surface area (Å²) in [4.78, 5) is 38.7. The van der Waals surface area contributed by atoms with E-state index in [1.54, 1.807) is 4.90 Å². The maximum absolute atomic E-state index is 12.1. The Bertz CT molecular complexity index is 424. The fraction of sp³-hybridized carbons (Fsp3) is 0.786. The number of rotatable bonds is 3. The predicted octanol–water partition coefficient (Wildman–Crippen LogP) is 0.748. The van der Waals surface area contributed by atoms with Crippen LogP contribution in [0.2, 0.25) is 0 Å². The number of likely N-dealkylation sites (N-methyl/N-ethyl adjacent to an activating group) is 1. The van der Waals surface area contributed by atoms with Crippen LogP contribution in [0.3, 0.4) is 0 Å². The number of urea groups is 1. The lowest BCUT2D eigenvalue weighted by Crippen LogP contribution is -2.59. The molecule has 1 heterocycles. The highest BCUT2D eigenvalue weighted by Gasteiger charge is 2.33. The number of amides is 3. The number of nitrogens with zero attached hydrogens (tertiary/aromatic N) is 2. The first-order valence-corrected chi connectivity index (χ1v) is 7.08. The van der Waals surface area contributed by atoms with Gasteiger partial charge in [0.15, 0.2) is 0 Å². The Kier molecular flexibility index (Phi) is 5.33. The van der Waals surface area contributed by atoms with Crippen LogP contribution in [-0.4, -0.2) is 65.0 Å². The van der Waals surface area contributed by atoms with Crippen molar-refractivity contribution >= 4 is 17.9 Å². The molecule has 0 saturated carbocycles. The monoisotopic (exact) mass is 299 g/mol. The Morgan fingerprint density at radius 3 is 2.10 bits per heavy atom. The highest BCUT2D eigenvalue weighted by Crippen LogP contribution is 2.20. The summed E-state index contributed by atoms with van der Waals surface area (Å²) >= 11 is 0. The van der Waals surface area contributed by atoms with Crippen molar-refractivity contribution in [3.05, 3.63) is 0 Å². The van der Waals surface area contributed by atoms with Gasteiger partial charge in [0.1, 0.15) is 0 Å². The molecule has 21 heavy (non-hydrogen) atoms. The van der Waals surface area contributed by atoms with Crippen LogP contribution in [0.1, 0.15) is 34.1 Å². The van der Waals surface area contributed by atoms with Crippen LogP contribution >= 0.6 is 0 Å². The van der Waals surface area contributed by atoms with Gasteiger partial charge in [-0.2, -0.15) is 0 Å². The van der Waals surface area contributed by atoms with Crippen LogP contribution in [0, 0.1) is 5.41 Å². The van der Waals surface area contributed by atoms with Crippen molar-refractivity contribution in [2.75, 3.05) is 20.1 Å². The van der Waals surface area contributed by atoms with Crippen molar-refractivity contribution in [1.29, 1.82) is 0 Å². The van der Waals surface area contributed by atoms with Crippen molar-refractivity contribution in [1.82, 2.24) is 15.1 Å². The smallest absolute Gasteiger partial charge is 0.324 e. The zero-order valence-corrected chi connectivity index (χ0v) is 13.3. The predicted molar refractivity (Wildman–Crippen MR) is 77.8 cm³/mol. The summed E-state index contributed by atoms with van der Waals surface area (Å²) < 4.78 is 0. The van der Waals surface area contributed by atoms with Gasteiger partial charge in [0.05, 0.1) is 5.41 Å². The molecular formula is C14H25N3O4. The third-order valence-electron chi connectivity index (χ3n) is 4.07. The maximum atomic E-state index is 12.1. The molecule has 1 fully saturated rings. The molecule has 7 nitrogen and oxygen atoms in total. The molecule has 0 aromatic carbocycles. The molecule has 0 aliphatic carbocycles. The van der Waals surface area contributed by atoms with Crippen molar-refractivity contribution < 1.29 is 19.5 Å². The number of carbonyl (C=O) groups is 3. The van der Waals surface area contributed by atoms with Gasteiger partial charge in [-0.05, 0) is 34.7 Å². The topological polar surface area (TPSA) is 90.0 Å². The van der Waals surface area contributed by atoms with Crippen LogP contribution in [0.25, 0.3) is 0 Å². The fourth-order valence-electron chi connectivity index (χ4n) is 2.29. The maximum Gasteiger partial charge on any atom is 0.324 e. The van der Waals surface area contributed by atoms with Crippen molar-refractivity contribution in [2.45, 2.75) is 46.2 Å². The number of carboxylic acid groups (broad SMARTS) is 1. The van der Waals surface area contributed by atoms with Gasteiger partial charge in [0, 0.05) is 31.6 Å². The first-order chi connectivity index (χ1) is 9.54. The van der Waals surface area contributed by atoms with E-state index in [0.29, 0.717) is 13.1 Å². The molecule has 0 aromatic rings. The molecule has 7 heteroatoms. The molecule has 120 valence electrons. The molecule has 0 radical (unpaired) electrons. The van der Waals surface area contributed by atoms with Gasteiger partial charge in [-0.15, -0.1) is 0 Å². The first-order valence-electron chi connectivity index (χ1n) is 7.08. The summed E-state index contributed by atoms with van der Waals surface area (Å²) in [6, 6.07) is -0.0249. The number of nitrogens with one attached hydrogen (secondary N) is 1. The van der Waals surface area contributed by atoms with Gasteiger partial charge < -0.3 is 10.0 Å². The Balaban J connectivity index is 2.57. The molecular weight excluding hydrogens is 274 g/mol. The van der Waals surface area contributed by atoms with E-state index >= 15 is 0 Å². The number of hydrogen-bond donors (Lipinski definition) is 2. The molecule has 1 saturated heterocycles. The highest BCUT2D eigenvalue weighted by atomic mass is 16.4. The summed E-state index contributed by atoms with van der Waals surface area (Å²) in [6.45, 7) is 8.04. The average Bonchev–Trinajstić information content (AvgIpc) is 2.34. The minimum Gasteiger partial charge on any atom is -0.481 e. The van der Waals surface area contributed by atoms with Crippen molar-refractivity contribution in [2.24, 2.45) is 5.41 Å². The Labute approximate surface area is 125 Å². The van der Waals surface area contributed by atoms with E-state index in [9.17, 15) is 14.4 Å². The fourth-order valence-corrected chi connectivity index (χ4v) is 2.29. The van der Waals surface area contributed by atoms with Crippen LogP contribution in [0.15, 0.2) is 0 Å². The lowest BCUT2D eigenvalue weighted by molar-refractivity contribution is -0.149. The van der Waals surface area contributed by atoms with Gasteiger partial charge in [0.2, 0.25) is 5.91 Å². The molecule has 0 spiro atoms. The second-order valence-electron chi connectivity index (χ2n) is 6.49. The summed E-state index contributed by atoms with van der Waals surface area (Å²) in [5, 5.41) is 11.3. The Hall–Kier alpha value is -1.63. The average molecular weight is 299 g/mol. The Morgan fingerprint density at radius 2 is 1.67 bits per heavy atom. The van der Waals surface area contributed by atoms with Crippen molar-refractivity contribution in [3.63, 3.8) is 0 Å². The highest BCUT2D eigenvalue weighted by molar-refractivity contribution is 5.96. The SMILES string of the molecule is CC1CN(C(=O)NC(=O)CC(C)(C)C(=O)O)CC(C)N1C. The molecule has 1 aliphatic rings. The lowest BCUT2D eigenvalue weighted by Gasteiger charge is -2.42. The van der Waals surface area contributed by atoms with E-state index in [-0.39, 0.29) is 18.5 Å². The zero-order valence-electron chi connectivity index (χ0n) is 13.3. The molecule has 2 atom stereocenters. The molecule has 1 aliphatic heterocycles. The van der Waals surface area contributed by atoms with Gasteiger partial charge >= 0.3 is 12.0 Å². The van der Waals surface area contributed by atoms with E-state index in [1.807, 2.05) is 20.9 Å². The van der Waals surface area contributed by atoms with Gasteiger partial charge in [-0.1, -0.05) is 0 Å². The molecule has 0 aromatic heterocycles. The summed E-state index contributed by atoms with van der Waals surface area (Å²) in [7, 11) is 2.01. The second kappa shape index (κ2) is 6.43. The third kappa shape index (κ3) is 4.42. The van der Waals surface area contributed by atoms with Gasteiger partial charge in [-0.25, -0.2) is 4.79 Å². The third-order valence-corrected chi connectivity index (χ3v) is 4.07. The van der Waals surface area contributed by atoms with E-state index < -0.39 is 23.3 Å². The normalized spacial score (nSPS) is 23.8. The zero-order chi connectivity index (χ0) is 16.4. The van der Waals surface area contributed by atoms with E-state index in [2.05, 4.69) is 10.2 Å². The summed E-state index contributed by atoms with van der Waals surface area (Å²) in [5.74, 6) is -1.63. The van der Waals surface area contributed by atoms with Crippen LogP contribution in [0.5, 0.6) is 0 Å². The first kappa shape index (κ1) is 17.4. The van der Waals surface area contributed by atoms with Crippen LogP contribution in [0.4, 0.5) is 4.79 Å². The Morgan fingerprint density at radius 1 is 1.19 bits per heavy atom. The molecule has 1 rings (SSSR count). The number of aliphatic carboxylic acids is 1. The van der Waals surface area contributed by atoms with E-state index in [1.165, 1.54) is 13.8 Å². The minimum atomic E-state index is -1.19.